The summed E-state index contributed by atoms with van der Waals surface area (Å²) in [5, 5.41) is 9.76. The van der Waals surface area contributed by atoms with E-state index in [1.165, 1.54) is 13.0 Å². The summed E-state index contributed by atoms with van der Waals surface area (Å²) in [4.78, 5) is 0. The van der Waals surface area contributed by atoms with E-state index in [1.54, 1.807) is 6.92 Å². The summed E-state index contributed by atoms with van der Waals surface area (Å²) < 4.78 is 31.8. The van der Waals surface area contributed by atoms with Crippen LogP contribution in [-0.4, -0.2) is 10.6 Å². The van der Waals surface area contributed by atoms with Gasteiger partial charge in [-0.1, -0.05) is 30.3 Å². The first-order valence-corrected chi connectivity index (χ1v) is 6.28. The van der Waals surface area contributed by atoms with E-state index in [-0.39, 0.29) is 55.8 Å². The molecule has 0 heterocycles. The summed E-state index contributed by atoms with van der Waals surface area (Å²) in [5.74, 6) is 0.0176. The molecule has 0 aliphatic rings. The van der Waals surface area contributed by atoms with Crippen LogP contribution in [0.1, 0.15) is 28.7 Å². The van der Waals surface area contributed by atoms with Crippen molar-refractivity contribution in [3.63, 3.8) is 0 Å². The van der Waals surface area contributed by atoms with Gasteiger partial charge in [0.2, 0.25) is 0 Å². The molecule has 0 unspecified atom stereocenters. The Bertz CT molecular complexity index is 604. The van der Waals surface area contributed by atoms with Crippen LogP contribution in [0.2, 0.25) is 0 Å². The zero-order chi connectivity index (χ0) is 14.7. The molecule has 0 fully saturated rings. The second-order valence-electron chi connectivity index (χ2n) is 4.65. The Kier molecular flexibility index (Phi) is 8.28. The summed E-state index contributed by atoms with van der Waals surface area (Å²) in [6, 6.07) is 10.8. The molecule has 0 aromatic heterocycles. The molecule has 2 rings (SSSR count). The molecule has 3 N–H and O–H groups in total. The number of ether oxygens (including phenoxy) is 1. The molecule has 2 aromatic carbocycles. The van der Waals surface area contributed by atoms with Crippen LogP contribution < -0.4 is 4.74 Å². The van der Waals surface area contributed by atoms with Gasteiger partial charge in [-0.25, -0.2) is 8.78 Å². The van der Waals surface area contributed by atoms with Gasteiger partial charge in [-0.15, -0.1) is 0 Å². The van der Waals surface area contributed by atoms with E-state index in [9.17, 15) is 13.9 Å². The van der Waals surface area contributed by atoms with Gasteiger partial charge in [0.05, 0.1) is 5.56 Å². The Labute approximate surface area is 142 Å². The van der Waals surface area contributed by atoms with Gasteiger partial charge in [-0.05, 0) is 31.0 Å². The summed E-state index contributed by atoms with van der Waals surface area (Å²) in [5.41, 5.74) is 1.35. The molecule has 0 spiro atoms. The van der Waals surface area contributed by atoms with Crippen molar-refractivity contribution in [3.8, 4) is 11.5 Å². The topological polar surface area (TPSA) is 61.0 Å². The Morgan fingerprint density at radius 1 is 1.14 bits per heavy atom. The molecule has 22 heavy (non-hydrogen) atoms. The van der Waals surface area contributed by atoms with Crippen LogP contribution >= 0.6 is 0 Å². The molecule has 3 nitrogen and oxygen atoms in total. The fourth-order valence-corrected chi connectivity index (χ4v) is 2.08. The number of phenols is 1. The van der Waals surface area contributed by atoms with E-state index in [4.69, 9.17) is 4.74 Å². The van der Waals surface area contributed by atoms with Crippen molar-refractivity contribution in [1.29, 1.82) is 0 Å². The molecule has 120 valence electrons. The molecular formula is C16H18F2O3W. The third-order valence-corrected chi connectivity index (χ3v) is 3.20. The number of alkyl halides is 2. The zero-order valence-electron chi connectivity index (χ0n) is 12.3. The Morgan fingerprint density at radius 3 is 2.27 bits per heavy atom. The predicted octanol–water partition coefficient (Wildman–Crippen LogP) is 3.70. The van der Waals surface area contributed by atoms with E-state index in [2.05, 4.69) is 0 Å². The first kappa shape index (κ1) is 20.5. The quantitative estimate of drug-likeness (QED) is 0.726. The number of halogens is 2. The van der Waals surface area contributed by atoms with Gasteiger partial charge in [0.25, 0.3) is 6.43 Å². The number of rotatable bonds is 4. The largest absolute Gasteiger partial charge is 0.507 e. The van der Waals surface area contributed by atoms with E-state index in [1.807, 2.05) is 30.3 Å². The molecule has 6 heteroatoms. The van der Waals surface area contributed by atoms with E-state index < -0.39 is 6.43 Å². The number of aromatic hydroxyl groups is 1. The van der Waals surface area contributed by atoms with E-state index in [0.29, 0.717) is 5.56 Å². The zero-order valence-corrected chi connectivity index (χ0v) is 15.2. The Morgan fingerprint density at radius 2 is 1.73 bits per heavy atom. The molecule has 2 aromatic rings. The van der Waals surface area contributed by atoms with Gasteiger partial charge in [-0.2, -0.15) is 0 Å². The van der Waals surface area contributed by atoms with Crippen LogP contribution in [0.5, 0.6) is 11.5 Å². The number of benzene rings is 2. The summed E-state index contributed by atoms with van der Waals surface area (Å²) in [6.07, 6.45) is -2.69. The molecule has 0 aliphatic carbocycles. The number of hydrogen-bond donors (Lipinski definition) is 1. The monoisotopic (exact) mass is 480 g/mol. The first-order chi connectivity index (χ1) is 9.50. The molecule has 0 bridgehead atoms. The van der Waals surface area contributed by atoms with Gasteiger partial charge in [-0.3, -0.25) is 0 Å². The van der Waals surface area contributed by atoms with Crippen LogP contribution in [0.3, 0.4) is 0 Å². The standard InChI is InChI=1S/C16H16F2O2.H2O.W/c1-10-8-13(14(16(17)18)11(2)15(10)19)20-9-12-6-4-3-5-7-12;;/h3-8,16,19H,9H2,1-2H3;1H2;. The minimum absolute atomic E-state index is 0. The van der Waals surface area contributed by atoms with Crippen LogP contribution in [0.25, 0.3) is 0 Å². The van der Waals surface area contributed by atoms with Crippen molar-refractivity contribution in [2.75, 3.05) is 0 Å². The van der Waals surface area contributed by atoms with Gasteiger partial charge < -0.3 is 15.3 Å². The molecule has 0 aliphatic heterocycles. The van der Waals surface area contributed by atoms with Gasteiger partial charge in [0.15, 0.2) is 0 Å². The van der Waals surface area contributed by atoms with Gasteiger partial charge in [0, 0.05) is 26.6 Å². The summed E-state index contributed by atoms with van der Waals surface area (Å²) >= 11 is 0. The fourth-order valence-electron chi connectivity index (χ4n) is 2.08. The molecule has 0 saturated carbocycles. The van der Waals surface area contributed by atoms with Crippen molar-refractivity contribution < 1.29 is 45.2 Å². The van der Waals surface area contributed by atoms with E-state index >= 15 is 0 Å². The van der Waals surface area contributed by atoms with Crippen molar-refractivity contribution in [2.24, 2.45) is 0 Å². The van der Waals surface area contributed by atoms with Crippen molar-refractivity contribution in [3.05, 3.63) is 58.7 Å². The number of hydrogen-bond acceptors (Lipinski definition) is 2. The minimum atomic E-state index is -2.69. The van der Waals surface area contributed by atoms with Gasteiger partial charge in [0.1, 0.15) is 18.1 Å². The van der Waals surface area contributed by atoms with Crippen molar-refractivity contribution in [2.45, 2.75) is 26.9 Å². The molecular weight excluding hydrogens is 462 g/mol. The SMILES string of the molecule is Cc1cc(OCc2ccccc2)c(C(F)F)c(C)c1O.O.[W]. The first-order valence-electron chi connectivity index (χ1n) is 6.28. The van der Waals surface area contributed by atoms with Gasteiger partial charge >= 0.3 is 0 Å². The van der Waals surface area contributed by atoms with Crippen molar-refractivity contribution in [1.82, 2.24) is 0 Å². The molecule has 0 amide bonds. The predicted molar refractivity (Wildman–Crippen MR) is 76.9 cm³/mol. The maximum atomic E-state index is 13.1. The summed E-state index contributed by atoms with van der Waals surface area (Å²) in [7, 11) is 0. The smallest absolute Gasteiger partial charge is 0.267 e. The number of phenolic OH excluding ortho intramolecular Hbond substituents is 1. The third-order valence-electron chi connectivity index (χ3n) is 3.20. The van der Waals surface area contributed by atoms with Crippen LogP contribution in [0.4, 0.5) is 8.78 Å². The second kappa shape index (κ2) is 8.86. The molecule has 0 saturated heterocycles. The van der Waals surface area contributed by atoms with Crippen LogP contribution in [0.15, 0.2) is 36.4 Å². The average molecular weight is 480 g/mol. The third kappa shape index (κ3) is 4.52. The van der Waals surface area contributed by atoms with E-state index in [0.717, 1.165) is 5.56 Å². The Balaban J connectivity index is 0.00000220. The fraction of sp³-hybridized carbons (Fsp3) is 0.250. The maximum Gasteiger partial charge on any atom is 0.267 e. The van der Waals surface area contributed by atoms with Crippen molar-refractivity contribution >= 4 is 0 Å². The normalized spacial score (nSPS) is 9.86. The molecule has 0 atom stereocenters. The number of aryl methyl sites for hydroxylation is 1. The summed E-state index contributed by atoms with van der Waals surface area (Å²) in [6.45, 7) is 3.34. The second-order valence-corrected chi connectivity index (χ2v) is 4.65. The maximum absolute atomic E-state index is 13.1. The molecule has 0 radical (unpaired) electrons. The van der Waals surface area contributed by atoms with Crippen LogP contribution in [-0.2, 0) is 27.7 Å². The average Bonchev–Trinajstić information content (AvgIpc) is 2.43. The minimum Gasteiger partial charge on any atom is -0.507 e. The Hall–Kier alpha value is -1.45. The van der Waals surface area contributed by atoms with Crippen LogP contribution in [0, 0.1) is 13.8 Å².